The van der Waals surface area contributed by atoms with Crippen LogP contribution >= 0.6 is 38.1 Å². The van der Waals surface area contributed by atoms with Crippen molar-refractivity contribution < 1.29 is 46.2 Å². The molecule has 10 atom stereocenters. The van der Waals surface area contributed by atoms with Crippen molar-refractivity contribution in [3.05, 3.63) is 29.3 Å². The maximum Gasteiger partial charge on any atom is 0.386 e. The molecule has 25 heteroatoms. The minimum atomic E-state index is -4.42. The van der Waals surface area contributed by atoms with Crippen LogP contribution in [0.2, 0.25) is 0 Å². The molecule has 45 heavy (non-hydrogen) atoms. The molecular formula is C20H23FN10O10P2S2. The van der Waals surface area contributed by atoms with E-state index in [1.54, 1.807) is 0 Å². The second kappa shape index (κ2) is 11.2. The normalized spacial score (nSPS) is 37.7. The molecule has 242 valence electrons. The molecule has 3 saturated heterocycles. The lowest BCUT2D eigenvalue weighted by molar-refractivity contribution is -0.0568. The number of aliphatic hydroxyl groups excluding tert-OH is 1. The third-order valence-corrected chi connectivity index (χ3v) is 10.5. The molecule has 0 aliphatic carbocycles. The summed E-state index contributed by atoms with van der Waals surface area (Å²) < 4.78 is 79.0. The smallest absolute Gasteiger partial charge is 0.386 e. The fourth-order valence-electron chi connectivity index (χ4n) is 5.26. The van der Waals surface area contributed by atoms with Crippen LogP contribution < -0.4 is 17.0 Å². The third-order valence-electron chi connectivity index (χ3n) is 7.28. The molecule has 0 amide bonds. The number of alkyl halides is 1. The van der Waals surface area contributed by atoms with Gasteiger partial charge in [0.2, 0.25) is 5.95 Å². The first-order chi connectivity index (χ1) is 21.3. The second-order valence-corrected chi connectivity index (χ2v) is 15.8. The van der Waals surface area contributed by atoms with Crippen LogP contribution in [0.25, 0.3) is 22.3 Å². The zero-order valence-electron chi connectivity index (χ0n) is 22.3. The Hall–Kier alpha value is -2.69. The molecule has 7 heterocycles. The Morgan fingerprint density at radius 1 is 0.911 bits per heavy atom. The van der Waals surface area contributed by atoms with Gasteiger partial charge in [0.1, 0.15) is 42.4 Å². The Labute approximate surface area is 260 Å². The van der Waals surface area contributed by atoms with Crippen molar-refractivity contribution in [2.24, 2.45) is 0 Å². The number of ether oxygens (including phenoxy) is 2. The number of aliphatic hydroxyl groups is 1. The Balaban J connectivity index is 1.21. The number of imidazole rings is 2. The minimum Gasteiger partial charge on any atom is -0.387 e. The average molecular weight is 709 g/mol. The number of thiol groups is 2. The van der Waals surface area contributed by atoms with Crippen LogP contribution in [0.4, 0.5) is 16.2 Å². The monoisotopic (exact) mass is 708 g/mol. The van der Waals surface area contributed by atoms with Crippen LogP contribution in [0.1, 0.15) is 12.5 Å². The highest BCUT2D eigenvalue weighted by molar-refractivity contribution is 8.44. The highest BCUT2D eigenvalue weighted by atomic mass is 32.7. The molecule has 4 aromatic heterocycles. The van der Waals surface area contributed by atoms with Gasteiger partial charge in [-0.15, -0.1) is 0 Å². The lowest BCUT2D eigenvalue weighted by atomic mass is 10.1. The first-order valence-corrected chi connectivity index (χ1v) is 18.3. The summed E-state index contributed by atoms with van der Waals surface area (Å²) in [5.74, 6) is -0.193. The van der Waals surface area contributed by atoms with Crippen molar-refractivity contribution in [2.75, 3.05) is 24.7 Å². The summed E-state index contributed by atoms with van der Waals surface area (Å²) in [7, 11) is 0. The van der Waals surface area contributed by atoms with E-state index >= 15 is 4.39 Å². The number of hydrogen-bond acceptors (Lipinski definition) is 17. The molecular weight excluding hydrogens is 685 g/mol. The Bertz CT molecular complexity index is 1950. The van der Waals surface area contributed by atoms with Crippen molar-refractivity contribution in [3.8, 4) is 0 Å². The number of fused-ring (bicyclic) bond motifs is 5. The summed E-state index contributed by atoms with van der Waals surface area (Å²) in [6, 6.07) is 0. The molecule has 0 aromatic carbocycles. The molecule has 6 N–H and O–H groups in total. The number of aromatic amines is 1. The number of aromatic nitrogens is 8. The van der Waals surface area contributed by atoms with Gasteiger partial charge < -0.3 is 26.0 Å². The van der Waals surface area contributed by atoms with Gasteiger partial charge in [-0.2, -0.15) is 4.98 Å². The van der Waals surface area contributed by atoms with Gasteiger partial charge in [-0.25, -0.2) is 33.5 Å². The fourth-order valence-corrected chi connectivity index (χ4v) is 8.20. The quantitative estimate of drug-likeness (QED) is 0.122. The Morgan fingerprint density at radius 2 is 1.53 bits per heavy atom. The lowest BCUT2D eigenvalue weighted by Gasteiger charge is -2.26. The number of hydrogen-bond donors (Lipinski definition) is 6. The van der Waals surface area contributed by atoms with Gasteiger partial charge >= 0.3 is 13.6 Å². The van der Waals surface area contributed by atoms with Crippen LogP contribution in [0.15, 0.2) is 23.8 Å². The van der Waals surface area contributed by atoms with E-state index in [0.29, 0.717) is 0 Å². The predicted molar refractivity (Wildman–Crippen MR) is 156 cm³/mol. The van der Waals surface area contributed by atoms with Crippen LogP contribution in [0.3, 0.4) is 0 Å². The van der Waals surface area contributed by atoms with Gasteiger partial charge in [0.15, 0.2) is 41.3 Å². The fraction of sp³-hybridized carbons (Fsp3) is 0.500. The predicted octanol–water partition coefficient (Wildman–Crippen LogP) is 0.511. The van der Waals surface area contributed by atoms with Gasteiger partial charge in [0, 0.05) is 0 Å². The van der Waals surface area contributed by atoms with E-state index in [0.717, 1.165) is 6.33 Å². The van der Waals surface area contributed by atoms with E-state index in [2.05, 4.69) is 54.4 Å². The lowest BCUT2D eigenvalue weighted by Crippen LogP contribution is -2.35. The van der Waals surface area contributed by atoms with Crippen molar-refractivity contribution in [1.29, 1.82) is 0 Å². The zero-order chi connectivity index (χ0) is 31.8. The molecule has 2 bridgehead atoms. The van der Waals surface area contributed by atoms with Gasteiger partial charge in [-0.05, 0) is 0 Å². The van der Waals surface area contributed by atoms with Gasteiger partial charge in [-0.3, -0.25) is 37.0 Å². The van der Waals surface area contributed by atoms with E-state index in [-0.39, 0.29) is 34.1 Å². The molecule has 6 unspecified atom stereocenters. The topological polar surface area (TPSA) is 269 Å². The number of anilines is 2. The van der Waals surface area contributed by atoms with E-state index in [1.165, 1.54) is 21.8 Å². The average Bonchev–Trinajstić information content (AvgIpc) is 3.72. The Morgan fingerprint density at radius 3 is 2.27 bits per heavy atom. The molecule has 0 radical (unpaired) electrons. The summed E-state index contributed by atoms with van der Waals surface area (Å²) in [5.41, 5.74) is 11.0. The molecule has 0 saturated carbocycles. The van der Waals surface area contributed by atoms with E-state index in [4.69, 9.17) is 39.0 Å². The highest BCUT2D eigenvalue weighted by Gasteiger charge is 2.54. The Kier molecular flexibility index (Phi) is 7.72. The van der Waals surface area contributed by atoms with Gasteiger partial charge in [0.25, 0.3) is 5.56 Å². The van der Waals surface area contributed by atoms with E-state index in [9.17, 15) is 19.0 Å². The van der Waals surface area contributed by atoms with Crippen LogP contribution in [0.5, 0.6) is 0 Å². The van der Waals surface area contributed by atoms with E-state index < -0.39 is 81.5 Å². The zero-order valence-corrected chi connectivity index (χ0v) is 25.9. The van der Waals surface area contributed by atoms with E-state index in [1.807, 2.05) is 0 Å². The summed E-state index contributed by atoms with van der Waals surface area (Å²) in [6.07, 6.45) is -8.75. The maximum absolute atomic E-state index is 16.0. The SMILES string of the molecule is Nc1nc2c(ncn2[C@@H]2O[C@@H]3COP(=O)(S)OC4C(F)[C@H](n5cnc6c(N)ncnc65)O[C@@H]4COP(=O)(S)OC2C3O)c(=O)[nH]1. The number of nitrogens with two attached hydrogens (primary N) is 2. The largest absolute Gasteiger partial charge is 0.387 e. The molecule has 4 aromatic rings. The number of nitrogens with one attached hydrogen (secondary N) is 1. The number of rotatable bonds is 2. The molecule has 3 aliphatic heterocycles. The number of nitrogens with zero attached hydrogens (tertiary/aromatic N) is 7. The van der Waals surface area contributed by atoms with Gasteiger partial charge in [0.05, 0.1) is 25.9 Å². The maximum atomic E-state index is 16.0. The minimum absolute atomic E-state index is 0.0443. The first-order valence-electron chi connectivity index (χ1n) is 12.9. The number of nitrogen functional groups attached to an aromatic ring is 2. The van der Waals surface area contributed by atoms with Crippen LogP contribution in [-0.4, -0.2) is 94.0 Å². The molecule has 0 spiro atoms. The van der Waals surface area contributed by atoms with Crippen molar-refractivity contribution in [1.82, 2.24) is 39.0 Å². The van der Waals surface area contributed by atoms with Crippen molar-refractivity contribution >= 4 is 72.2 Å². The summed E-state index contributed by atoms with van der Waals surface area (Å²) in [5, 5.41) is 11.1. The molecule has 7 rings (SSSR count). The first kappa shape index (κ1) is 30.9. The number of H-pyrrole nitrogens is 1. The summed E-state index contributed by atoms with van der Waals surface area (Å²) in [4.78, 5) is 34.7. The molecule has 3 aliphatic rings. The van der Waals surface area contributed by atoms with Crippen molar-refractivity contribution in [2.45, 2.75) is 49.1 Å². The van der Waals surface area contributed by atoms with Crippen LogP contribution in [-0.2, 0) is 36.7 Å². The summed E-state index contributed by atoms with van der Waals surface area (Å²) in [6.45, 7) is -10.1. The third kappa shape index (κ3) is 5.54. The van der Waals surface area contributed by atoms with Crippen LogP contribution in [0, 0.1) is 0 Å². The highest BCUT2D eigenvalue weighted by Crippen LogP contribution is 2.60. The summed E-state index contributed by atoms with van der Waals surface area (Å²) >= 11 is 8.03. The molecule has 20 nitrogen and oxygen atoms in total. The standard InChI is InChI=1S/C20H23FN10O10P2S2/c21-8-12-7(39-18(8)30-4-26-9-14(22)24-3-25-15(9)30)2-37-43(35,45)41-13-11(32)6(1-36-42(34,44)40-12)38-19(13)31-5-27-10-16(31)28-20(23)29-17(10)33/h3-8,11-13,18-19,32H,1-2H2,(H,34,44)(H,35,45)(H2,22,24,25)(H3,23,28,29,33)/t6-,7-,8?,11?,12?,13?,18-,19-,42?,43?/m1/s1. The van der Waals surface area contributed by atoms with Crippen molar-refractivity contribution in [3.63, 3.8) is 0 Å². The number of halogens is 1. The molecule has 3 fully saturated rings. The van der Waals surface area contributed by atoms with Gasteiger partial charge in [-0.1, -0.05) is 24.5 Å². The second-order valence-electron chi connectivity index (χ2n) is 10.1.